The molecule has 6 unspecified atom stereocenters. The van der Waals surface area contributed by atoms with Gasteiger partial charge >= 0.3 is 0 Å². The van der Waals surface area contributed by atoms with Crippen LogP contribution in [0.3, 0.4) is 0 Å². The molecule has 8 nitrogen and oxygen atoms in total. The summed E-state index contributed by atoms with van der Waals surface area (Å²) in [5.74, 6) is -5.07. The fourth-order valence-electron chi connectivity index (χ4n) is 9.70. The highest BCUT2D eigenvalue weighted by Crippen LogP contribution is 2.65. The lowest BCUT2D eigenvalue weighted by Crippen LogP contribution is -2.53. The average Bonchev–Trinajstić information content (AvgIpc) is 3.61. The van der Waals surface area contributed by atoms with E-state index in [0.717, 1.165) is 16.7 Å². The Morgan fingerprint density at radius 1 is 0.768 bits per heavy atom. The molecule has 2 heterocycles. The first-order valence-electron chi connectivity index (χ1n) is 18.7. The van der Waals surface area contributed by atoms with Gasteiger partial charge in [-0.3, -0.25) is 24.1 Å². The van der Waals surface area contributed by atoms with Gasteiger partial charge in [-0.1, -0.05) is 121 Å². The number of ether oxygens (including phenoxy) is 1. The van der Waals surface area contributed by atoms with Crippen LogP contribution in [-0.2, 0) is 31.2 Å². The molecular formula is C47H37ClN2O6. The molecule has 0 radical (unpaired) electrons. The Labute approximate surface area is 329 Å². The summed E-state index contributed by atoms with van der Waals surface area (Å²) in [6, 6.07) is 37.7. The van der Waals surface area contributed by atoms with Gasteiger partial charge in [0.05, 0.1) is 34.5 Å². The van der Waals surface area contributed by atoms with E-state index in [1.807, 2.05) is 78.9 Å². The van der Waals surface area contributed by atoms with E-state index in [2.05, 4.69) is 6.58 Å². The molecule has 56 heavy (non-hydrogen) atoms. The number of hydrogen-bond donors (Lipinski definition) is 1. The average molecular weight is 761 g/mol. The second-order valence-corrected chi connectivity index (χ2v) is 15.3. The Bertz CT molecular complexity index is 2450. The zero-order chi connectivity index (χ0) is 38.7. The monoisotopic (exact) mass is 760 g/mol. The van der Waals surface area contributed by atoms with E-state index in [-0.39, 0.29) is 37.0 Å². The van der Waals surface area contributed by atoms with E-state index >= 15 is 9.59 Å². The summed E-state index contributed by atoms with van der Waals surface area (Å²) in [5, 5.41) is 12.4. The zero-order valence-electron chi connectivity index (χ0n) is 30.3. The minimum atomic E-state index is -1.52. The van der Waals surface area contributed by atoms with Crippen molar-refractivity contribution in [3.63, 3.8) is 0 Å². The Morgan fingerprint density at radius 2 is 1.50 bits per heavy atom. The number of anilines is 2. The molecule has 3 fully saturated rings. The highest BCUT2D eigenvalue weighted by molar-refractivity contribution is 6.32. The van der Waals surface area contributed by atoms with Crippen LogP contribution in [0.15, 0.2) is 146 Å². The molecule has 0 aromatic heterocycles. The number of fused-ring (bicyclic) bond motifs is 4. The van der Waals surface area contributed by atoms with E-state index in [9.17, 15) is 14.7 Å². The van der Waals surface area contributed by atoms with E-state index in [0.29, 0.717) is 33.3 Å². The molecule has 2 aliphatic carbocycles. The van der Waals surface area contributed by atoms with Gasteiger partial charge in [-0.25, -0.2) is 4.90 Å². The molecule has 6 atom stereocenters. The molecule has 1 N–H and O–H groups in total. The predicted molar refractivity (Wildman–Crippen MR) is 214 cm³/mol. The van der Waals surface area contributed by atoms with Gasteiger partial charge in [0, 0.05) is 22.6 Å². The number of amides is 4. The van der Waals surface area contributed by atoms with Crippen LogP contribution in [0.25, 0.3) is 6.08 Å². The van der Waals surface area contributed by atoms with Crippen molar-refractivity contribution in [1.29, 1.82) is 0 Å². The van der Waals surface area contributed by atoms with Gasteiger partial charge in [0.1, 0.15) is 18.1 Å². The number of rotatable bonds is 8. The van der Waals surface area contributed by atoms with Crippen LogP contribution in [0.4, 0.5) is 11.4 Å². The molecule has 5 aromatic carbocycles. The van der Waals surface area contributed by atoms with Gasteiger partial charge in [0.25, 0.3) is 0 Å². The predicted octanol–water partition coefficient (Wildman–Crippen LogP) is 8.63. The molecule has 5 aromatic rings. The van der Waals surface area contributed by atoms with Crippen molar-refractivity contribution in [3.05, 3.63) is 173 Å². The molecule has 9 heteroatoms. The molecule has 1 saturated carbocycles. The maximum absolute atomic E-state index is 15.5. The highest BCUT2D eigenvalue weighted by atomic mass is 35.5. The maximum atomic E-state index is 15.5. The second-order valence-electron chi connectivity index (χ2n) is 14.9. The van der Waals surface area contributed by atoms with Crippen molar-refractivity contribution in [1.82, 2.24) is 0 Å². The third-order valence-corrected chi connectivity index (χ3v) is 12.4. The fourth-order valence-corrected chi connectivity index (χ4v) is 9.89. The van der Waals surface area contributed by atoms with Crippen LogP contribution >= 0.6 is 11.6 Å². The number of phenols is 1. The lowest BCUT2D eigenvalue weighted by atomic mass is 9.49. The van der Waals surface area contributed by atoms with Gasteiger partial charge in [-0.15, -0.1) is 0 Å². The summed E-state index contributed by atoms with van der Waals surface area (Å²) in [4.78, 5) is 61.8. The van der Waals surface area contributed by atoms with Gasteiger partial charge in [-0.05, 0) is 71.8 Å². The molecule has 9 rings (SSSR count). The Hall–Kier alpha value is -6.25. The summed E-state index contributed by atoms with van der Waals surface area (Å²) in [6.07, 6.45) is 4.07. The smallest absolute Gasteiger partial charge is 0.246 e. The Balaban J connectivity index is 1.21. The van der Waals surface area contributed by atoms with Gasteiger partial charge in [0.2, 0.25) is 23.6 Å². The molecular weight excluding hydrogens is 724 g/mol. The largest absolute Gasteiger partial charge is 0.508 e. The molecule has 4 amide bonds. The summed E-state index contributed by atoms with van der Waals surface area (Å²) < 4.78 is 6.08. The quantitative estimate of drug-likeness (QED) is 0.126. The third-order valence-electron chi connectivity index (χ3n) is 12.1. The number of imide groups is 2. The lowest BCUT2D eigenvalue weighted by molar-refractivity contribution is -0.127. The first-order valence-corrected chi connectivity index (χ1v) is 19.1. The fraction of sp³-hybridized carbons (Fsp3) is 0.191. The third kappa shape index (κ3) is 5.42. The van der Waals surface area contributed by atoms with Crippen LogP contribution in [0.5, 0.6) is 11.5 Å². The molecule has 0 spiro atoms. The first-order chi connectivity index (χ1) is 27.2. The van der Waals surface area contributed by atoms with Gasteiger partial charge in [-0.2, -0.15) is 0 Å². The maximum Gasteiger partial charge on any atom is 0.246 e. The number of halogens is 1. The highest BCUT2D eigenvalue weighted by Gasteiger charge is 2.70. The molecule has 2 saturated heterocycles. The van der Waals surface area contributed by atoms with E-state index in [1.165, 1.54) is 15.9 Å². The van der Waals surface area contributed by atoms with Crippen molar-refractivity contribution in [2.24, 2.45) is 23.7 Å². The molecule has 4 aliphatic rings. The lowest BCUT2D eigenvalue weighted by Gasteiger charge is -2.50. The molecule has 0 bridgehead atoms. The Morgan fingerprint density at radius 3 is 2.20 bits per heavy atom. The normalized spacial score (nSPS) is 25.4. The number of benzene rings is 5. The number of aromatic hydroxyl groups is 1. The number of hydrogen-bond acceptors (Lipinski definition) is 6. The van der Waals surface area contributed by atoms with Crippen molar-refractivity contribution in [3.8, 4) is 11.5 Å². The first kappa shape index (κ1) is 35.5. The number of phenolic OH excluding ortho intramolecular Hbond substituents is 1. The number of nitrogens with zero attached hydrogens (tertiary/aromatic N) is 2. The summed E-state index contributed by atoms with van der Waals surface area (Å²) >= 11 is 6.44. The van der Waals surface area contributed by atoms with E-state index in [1.54, 1.807) is 54.6 Å². The van der Waals surface area contributed by atoms with Crippen LogP contribution in [0.1, 0.15) is 41.0 Å². The van der Waals surface area contributed by atoms with Crippen LogP contribution in [-0.4, -0.2) is 28.7 Å². The number of carbonyl (C=O) groups excluding carboxylic acids is 4. The SMILES string of the molecule is C=Cc1ccc(N2C(=O)C3CC=C4C(CC5C(=O)N(c6cccc(Cl)c6)C(=O)C5(c5ccccc5)C4c4ccc(OCc5ccccc5)cc4O)C3C2=O)cc1. The van der Waals surface area contributed by atoms with Crippen molar-refractivity contribution in [2.45, 2.75) is 30.8 Å². The van der Waals surface area contributed by atoms with Crippen LogP contribution < -0.4 is 14.5 Å². The summed E-state index contributed by atoms with van der Waals surface area (Å²) in [6.45, 7) is 4.09. The Kier molecular flexibility index (Phi) is 8.74. The van der Waals surface area contributed by atoms with E-state index < -0.39 is 46.8 Å². The minimum absolute atomic E-state index is 0.113. The van der Waals surface area contributed by atoms with Gasteiger partial charge in [0.15, 0.2) is 0 Å². The zero-order valence-corrected chi connectivity index (χ0v) is 31.0. The molecule has 2 aliphatic heterocycles. The minimum Gasteiger partial charge on any atom is -0.508 e. The number of allylic oxidation sites excluding steroid dienone is 2. The van der Waals surface area contributed by atoms with Crippen molar-refractivity contribution < 1.29 is 29.0 Å². The summed E-state index contributed by atoms with van der Waals surface area (Å²) in [5.41, 5.74) is 2.87. The number of carbonyl (C=O) groups is 4. The second kappa shape index (κ2) is 13.8. The molecule has 278 valence electrons. The van der Waals surface area contributed by atoms with Gasteiger partial charge < -0.3 is 9.84 Å². The van der Waals surface area contributed by atoms with Crippen LogP contribution in [0, 0.1) is 23.7 Å². The summed E-state index contributed by atoms with van der Waals surface area (Å²) in [7, 11) is 0. The van der Waals surface area contributed by atoms with Crippen molar-refractivity contribution >= 4 is 52.7 Å². The topological polar surface area (TPSA) is 104 Å². The van der Waals surface area contributed by atoms with E-state index in [4.69, 9.17) is 16.3 Å². The standard InChI is InChI=1S/C47H37ClN2O6/c1-2-28-16-18-32(19-17-28)49-43(52)37-23-22-35-38(41(37)45(49)54)26-39-44(53)50(33-15-9-14-31(48)24-33)46(55)47(39,30-12-7-4-8-13-30)42(35)36-21-20-34(25-40(36)51)56-27-29-10-5-3-6-11-29/h2-22,24-25,37-39,41-42,51H,1,23,26-27H2. The van der Waals surface area contributed by atoms with Crippen molar-refractivity contribution in [2.75, 3.05) is 9.80 Å². The van der Waals surface area contributed by atoms with Crippen LogP contribution in [0.2, 0.25) is 5.02 Å².